The van der Waals surface area contributed by atoms with E-state index in [0.29, 0.717) is 19.6 Å². The second-order valence-electron chi connectivity index (χ2n) is 11.0. The lowest BCUT2D eigenvalue weighted by atomic mass is 10.2. The van der Waals surface area contributed by atoms with Crippen molar-refractivity contribution in [1.29, 1.82) is 0 Å². The third-order valence-electron chi connectivity index (χ3n) is 5.87. The Morgan fingerprint density at radius 1 is 0.941 bits per heavy atom. The zero-order valence-electron chi connectivity index (χ0n) is 21.7. The maximum atomic E-state index is 12.0. The largest absolute Gasteiger partial charge is 0.466 e. The average molecular weight is 499 g/mol. The van der Waals surface area contributed by atoms with Gasteiger partial charge in [0, 0.05) is 14.7 Å². The lowest BCUT2D eigenvalue weighted by Gasteiger charge is -2.43. The number of hydrogen-bond donors (Lipinski definition) is 1. The molecule has 0 saturated heterocycles. The van der Waals surface area contributed by atoms with Crippen LogP contribution in [0.2, 0.25) is 30.7 Å². The van der Waals surface area contributed by atoms with Crippen LogP contribution in [-0.4, -0.2) is 46.8 Å². The van der Waals surface area contributed by atoms with Crippen LogP contribution in [0.3, 0.4) is 0 Å². The smallest absolute Gasteiger partial charge is 0.308 e. The fourth-order valence-electron chi connectivity index (χ4n) is 4.06. The van der Waals surface area contributed by atoms with Gasteiger partial charge in [-0.1, -0.05) is 113 Å². The number of aliphatic hydroxyl groups is 1. The summed E-state index contributed by atoms with van der Waals surface area (Å²) < 4.78 is 12.1. The Morgan fingerprint density at radius 3 is 1.94 bits per heavy atom. The van der Waals surface area contributed by atoms with Crippen LogP contribution < -0.4 is 10.4 Å². The molecule has 2 aromatic rings. The van der Waals surface area contributed by atoms with Crippen molar-refractivity contribution in [2.75, 3.05) is 13.2 Å². The normalized spacial score (nSPS) is 13.7. The van der Waals surface area contributed by atoms with Gasteiger partial charge in [-0.2, -0.15) is 0 Å². The van der Waals surface area contributed by atoms with Gasteiger partial charge in [0.1, 0.15) is 0 Å². The van der Waals surface area contributed by atoms with Crippen LogP contribution in [0.25, 0.3) is 0 Å². The molecule has 1 N–H and O–H groups in total. The number of ether oxygens (including phenoxy) is 1. The van der Waals surface area contributed by atoms with Crippen LogP contribution in [0, 0.1) is 0 Å². The molecule has 1 atom stereocenters. The van der Waals surface area contributed by atoms with Crippen molar-refractivity contribution in [1.82, 2.24) is 0 Å². The average Bonchev–Trinajstić information content (AvgIpc) is 2.75. The molecule has 0 aliphatic heterocycles. The van der Waals surface area contributed by atoms with Crippen molar-refractivity contribution in [3.63, 3.8) is 0 Å². The van der Waals surface area contributed by atoms with Crippen molar-refractivity contribution >= 4 is 32.7 Å². The van der Waals surface area contributed by atoms with Crippen molar-refractivity contribution < 1.29 is 19.1 Å². The van der Waals surface area contributed by atoms with Gasteiger partial charge in [-0.05, 0) is 27.9 Å². The van der Waals surface area contributed by atoms with Crippen LogP contribution in [0.4, 0.5) is 0 Å². The number of esters is 1. The van der Waals surface area contributed by atoms with Gasteiger partial charge < -0.3 is 14.3 Å². The van der Waals surface area contributed by atoms with E-state index in [1.807, 2.05) is 18.2 Å². The van der Waals surface area contributed by atoms with Crippen molar-refractivity contribution in [2.24, 2.45) is 0 Å². The molecule has 2 rings (SSSR count). The predicted molar refractivity (Wildman–Crippen MR) is 147 cm³/mol. The van der Waals surface area contributed by atoms with Gasteiger partial charge in [-0.25, -0.2) is 0 Å². The predicted octanol–water partition coefficient (Wildman–Crippen LogP) is 5.14. The molecule has 4 nitrogen and oxygen atoms in total. The first kappa shape index (κ1) is 28.2. The minimum atomic E-state index is -2.55. The van der Waals surface area contributed by atoms with Gasteiger partial charge in [0.15, 0.2) is 0 Å². The highest BCUT2D eigenvalue weighted by atomic mass is 28.4. The molecule has 0 aliphatic carbocycles. The van der Waals surface area contributed by atoms with E-state index in [1.165, 1.54) is 10.4 Å². The molecular formula is C28H42O4Si2. The number of hydrogen-bond acceptors (Lipinski definition) is 4. The quantitative estimate of drug-likeness (QED) is 0.190. The zero-order chi connectivity index (χ0) is 25.2. The fraction of sp³-hybridized carbons (Fsp3) is 0.464. The van der Waals surface area contributed by atoms with Gasteiger partial charge in [-0.15, -0.1) is 0 Å². The Morgan fingerprint density at radius 2 is 1.47 bits per heavy atom. The summed E-state index contributed by atoms with van der Waals surface area (Å²) in [6, 6.07) is 22.0. The third kappa shape index (κ3) is 8.34. The Labute approximate surface area is 208 Å². The summed E-state index contributed by atoms with van der Waals surface area (Å²) in [5.74, 6) is -0.348. The van der Waals surface area contributed by atoms with E-state index in [2.05, 4.69) is 88.9 Å². The molecule has 6 heteroatoms. The van der Waals surface area contributed by atoms with E-state index >= 15 is 0 Å². The highest BCUT2D eigenvalue weighted by Crippen LogP contribution is 2.36. The summed E-state index contributed by atoms with van der Waals surface area (Å²) in [5.41, 5.74) is 0. The fourth-order valence-corrected chi connectivity index (χ4v) is 9.36. The molecule has 0 amide bonds. The van der Waals surface area contributed by atoms with Crippen LogP contribution in [0.5, 0.6) is 0 Å². The molecule has 0 radical (unpaired) electrons. The van der Waals surface area contributed by atoms with E-state index in [9.17, 15) is 9.90 Å². The Bertz CT molecular complexity index is 860. The Balaban J connectivity index is 2.01. The van der Waals surface area contributed by atoms with Crippen molar-refractivity contribution in [2.45, 2.75) is 70.4 Å². The van der Waals surface area contributed by atoms with Crippen LogP contribution in [0.15, 0.2) is 72.8 Å². The monoisotopic (exact) mass is 498 g/mol. The molecule has 0 spiro atoms. The zero-order valence-corrected chi connectivity index (χ0v) is 23.7. The highest BCUT2D eigenvalue weighted by Gasteiger charge is 2.49. The van der Waals surface area contributed by atoms with E-state index in [0.717, 1.165) is 6.04 Å². The van der Waals surface area contributed by atoms with Crippen LogP contribution in [0.1, 0.15) is 33.6 Å². The molecule has 0 aromatic heterocycles. The number of carbonyl (C=O) groups is 1. The van der Waals surface area contributed by atoms with Gasteiger partial charge in [0.25, 0.3) is 8.32 Å². The molecule has 0 saturated carbocycles. The van der Waals surface area contributed by atoms with Crippen molar-refractivity contribution in [3.05, 3.63) is 72.8 Å². The number of rotatable bonds is 12. The van der Waals surface area contributed by atoms with E-state index < -0.39 is 22.5 Å². The van der Waals surface area contributed by atoms with Gasteiger partial charge in [0.2, 0.25) is 0 Å². The van der Waals surface area contributed by atoms with Gasteiger partial charge in [0.05, 0.1) is 19.1 Å². The maximum Gasteiger partial charge on any atom is 0.308 e. The van der Waals surface area contributed by atoms with Crippen molar-refractivity contribution in [3.8, 4) is 0 Å². The summed E-state index contributed by atoms with van der Waals surface area (Å²) in [5, 5.41) is 12.6. The summed E-state index contributed by atoms with van der Waals surface area (Å²) >= 11 is 0. The molecule has 2 aromatic carbocycles. The lowest BCUT2D eigenvalue weighted by molar-refractivity contribution is -0.144. The minimum absolute atomic E-state index is 0.0161. The van der Waals surface area contributed by atoms with E-state index in [4.69, 9.17) is 9.16 Å². The first-order chi connectivity index (χ1) is 16.0. The summed E-state index contributed by atoms with van der Waals surface area (Å²) in [6.45, 7) is 14.5. The number of aliphatic hydroxyl groups excluding tert-OH is 1. The lowest BCUT2D eigenvalue weighted by Crippen LogP contribution is -2.66. The molecule has 0 bridgehead atoms. The topological polar surface area (TPSA) is 55.8 Å². The first-order valence-electron chi connectivity index (χ1n) is 12.2. The molecule has 0 heterocycles. The van der Waals surface area contributed by atoms with Crippen LogP contribution >= 0.6 is 0 Å². The second-order valence-corrected chi connectivity index (χ2v) is 21.0. The number of carbonyl (C=O) groups excluding carboxylic acids is 1. The molecule has 186 valence electrons. The summed E-state index contributed by atoms with van der Waals surface area (Å²) in [4.78, 5) is 12.0. The van der Waals surface area contributed by atoms with Gasteiger partial charge in [-0.3, -0.25) is 4.79 Å². The molecule has 0 fully saturated rings. The summed E-state index contributed by atoms with van der Waals surface area (Å²) in [6.07, 6.45) is 3.38. The maximum absolute atomic E-state index is 12.0. The molecule has 0 unspecified atom stereocenters. The molecule has 0 aliphatic rings. The number of benzene rings is 2. The Hall–Kier alpha value is -2.00. The third-order valence-corrected chi connectivity index (χ3v) is 12.6. The minimum Gasteiger partial charge on any atom is -0.466 e. The second kappa shape index (κ2) is 12.6. The van der Waals surface area contributed by atoms with E-state index in [-0.39, 0.29) is 17.4 Å². The van der Waals surface area contributed by atoms with Crippen LogP contribution in [-0.2, 0) is 14.0 Å². The Kier molecular flexibility index (Phi) is 10.5. The SMILES string of the molecule is CC(C)(C)[Si](OCC/C=C/[C@@H](O)CC(=O)OCC[Si](C)(C)C)(c1ccccc1)c1ccccc1. The summed E-state index contributed by atoms with van der Waals surface area (Å²) in [7, 11) is -3.79. The molecular weight excluding hydrogens is 456 g/mol. The molecule has 34 heavy (non-hydrogen) atoms. The highest BCUT2D eigenvalue weighted by molar-refractivity contribution is 6.99. The first-order valence-corrected chi connectivity index (χ1v) is 17.8. The standard InChI is InChI=1S/C28H42O4Si2/c1-28(2,3)34(25-16-9-7-10-17-25,26-18-11-8-12-19-26)32-20-14-13-15-24(29)23-27(30)31-21-22-33(4,5)6/h7-13,15-19,24,29H,14,20-23H2,1-6H3/b15-13+/t24-/m1/s1. The van der Waals surface area contributed by atoms with E-state index in [1.54, 1.807) is 6.08 Å². The van der Waals surface area contributed by atoms with Gasteiger partial charge >= 0.3 is 5.97 Å².